The van der Waals surface area contributed by atoms with Gasteiger partial charge in [0.05, 0.1) is 18.4 Å². The normalized spacial score (nSPS) is 11.1. The van der Waals surface area contributed by atoms with Crippen LogP contribution in [0.25, 0.3) is 0 Å². The highest BCUT2D eigenvalue weighted by Crippen LogP contribution is 2.18. The molecule has 0 unspecified atom stereocenters. The Labute approximate surface area is 118 Å². The Kier molecular flexibility index (Phi) is 5.78. The van der Waals surface area contributed by atoms with Crippen molar-refractivity contribution in [3.05, 3.63) is 23.8 Å². The van der Waals surface area contributed by atoms with Crippen molar-refractivity contribution in [1.29, 1.82) is 0 Å². The molecule has 4 N–H and O–H groups in total. The van der Waals surface area contributed by atoms with Gasteiger partial charge in [0.1, 0.15) is 0 Å². The smallest absolute Gasteiger partial charge is 0.340 e. The van der Waals surface area contributed by atoms with E-state index < -0.39 is 16.0 Å². The lowest BCUT2D eigenvalue weighted by Crippen LogP contribution is -2.27. The molecular formula is C12H19N3O4S. The molecule has 7 nitrogen and oxygen atoms in total. The van der Waals surface area contributed by atoms with E-state index in [2.05, 4.69) is 10.0 Å². The number of esters is 1. The number of nitrogens with one attached hydrogen (secondary N) is 2. The number of anilines is 2. The first-order valence-electron chi connectivity index (χ1n) is 6.08. The number of benzene rings is 1. The topological polar surface area (TPSA) is 111 Å². The fraction of sp³-hybridized carbons (Fsp3) is 0.417. The first-order valence-corrected chi connectivity index (χ1v) is 7.97. The van der Waals surface area contributed by atoms with E-state index in [0.29, 0.717) is 17.9 Å². The van der Waals surface area contributed by atoms with Crippen LogP contribution < -0.4 is 15.8 Å². The van der Waals surface area contributed by atoms with Crippen molar-refractivity contribution in [3.63, 3.8) is 0 Å². The van der Waals surface area contributed by atoms with Crippen LogP contribution in [-0.2, 0) is 14.8 Å². The number of hydrogen-bond donors (Lipinski definition) is 3. The monoisotopic (exact) mass is 301 g/mol. The highest BCUT2D eigenvalue weighted by atomic mass is 32.2. The maximum absolute atomic E-state index is 11.7. The summed E-state index contributed by atoms with van der Waals surface area (Å²) in [6.45, 7) is 2.62. The van der Waals surface area contributed by atoms with E-state index in [0.717, 1.165) is 6.26 Å². The molecule has 0 aromatic heterocycles. The second kappa shape index (κ2) is 7.11. The highest BCUT2D eigenvalue weighted by molar-refractivity contribution is 7.88. The Morgan fingerprint density at radius 2 is 2.05 bits per heavy atom. The van der Waals surface area contributed by atoms with Crippen molar-refractivity contribution >= 4 is 27.4 Å². The average Bonchev–Trinajstić information content (AvgIpc) is 2.35. The fourth-order valence-corrected chi connectivity index (χ4v) is 1.97. The van der Waals surface area contributed by atoms with Gasteiger partial charge in [0.2, 0.25) is 10.0 Å². The van der Waals surface area contributed by atoms with Gasteiger partial charge < -0.3 is 15.8 Å². The zero-order valence-corrected chi connectivity index (χ0v) is 12.3. The van der Waals surface area contributed by atoms with Crippen molar-refractivity contribution in [1.82, 2.24) is 4.72 Å². The lowest BCUT2D eigenvalue weighted by atomic mass is 10.1. The van der Waals surface area contributed by atoms with Crippen LogP contribution in [0, 0.1) is 0 Å². The van der Waals surface area contributed by atoms with E-state index in [-0.39, 0.29) is 18.7 Å². The fourth-order valence-electron chi connectivity index (χ4n) is 1.50. The van der Waals surface area contributed by atoms with Gasteiger partial charge in [0.15, 0.2) is 0 Å². The molecule has 0 aliphatic heterocycles. The number of nitrogens with two attached hydrogens (primary N) is 1. The minimum absolute atomic E-state index is 0.248. The Hall–Kier alpha value is -1.80. The Morgan fingerprint density at radius 1 is 1.35 bits per heavy atom. The van der Waals surface area contributed by atoms with Gasteiger partial charge in [-0.1, -0.05) is 0 Å². The predicted molar refractivity (Wildman–Crippen MR) is 78.1 cm³/mol. The molecule has 112 valence electrons. The van der Waals surface area contributed by atoms with Crippen LogP contribution >= 0.6 is 0 Å². The first-order chi connectivity index (χ1) is 9.33. The molecule has 0 bridgehead atoms. The predicted octanol–water partition coefficient (Wildman–Crippen LogP) is 0.407. The summed E-state index contributed by atoms with van der Waals surface area (Å²) in [4.78, 5) is 11.7. The van der Waals surface area contributed by atoms with Gasteiger partial charge in [-0.3, -0.25) is 0 Å². The Balaban J connectivity index is 2.63. The Morgan fingerprint density at radius 3 is 2.65 bits per heavy atom. The summed E-state index contributed by atoms with van der Waals surface area (Å²) in [6, 6.07) is 4.88. The molecule has 1 rings (SSSR count). The van der Waals surface area contributed by atoms with Crippen LogP contribution in [0.3, 0.4) is 0 Å². The van der Waals surface area contributed by atoms with Crippen LogP contribution in [0.2, 0.25) is 0 Å². The SMILES string of the molecule is CCOC(=O)c1cc(NCCNS(C)(=O)=O)ccc1N. The van der Waals surface area contributed by atoms with Crippen LogP contribution in [0.1, 0.15) is 17.3 Å². The third kappa shape index (κ3) is 5.45. The number of carbonyl (C=O) groups excluding carboxylic acids is 1. The summed E-state index contributed by atoms with van der Waals surface area (Å²) in [5.74, 6) is -0.483. The van der Waals surface area contributed by atoms with E-state index in [4.69, 9.17) is 10.5 Å². The molecule has 0 radical (unpaired) electrons. The van der Waals surface area contributed by atoms with Crippen molar-refractivity contribution in [2.24, 2.45) is 0 Å². The molecule has 0 amide bonds. The van der Waals surface area contributed by atoms with Gasteiger partial charge in [0.25, 0.3) is 0 Å². The molecule has 0 saturated heterocycles. The molecule has 0 aliphatic rings. The van der Waals surface area contributed by atoms with Crippen molar-refractivity contribution in [2.45, 2.75) is 6.92 Å². The van der Waals surface area contributed by atoms with Crippen molar-refractivity contribution in [2.75, 3.05) is 37.0 Å². The zero-order valence-electron chi connectivity index (χ0n) is 11.5. The van der Waals surface area contributed by atoms with Crippen molar-refractivity contribution < 1.29 is 17.9 Å². The van der Waals surface area contributed by atoms with Gasteiger partial charge in [-0.05, 0) is 25.1 Å². The maximum Gasteiger partial charge on any atom is 0.340 e. The summed E-state index contributed by atoms with van der Waals surface area (Å²) in [6.07, 6.45) is 1.09. The van der Waals surface area contributed by atoms with E-state index in [1.165, 1.54) is 0 Å². The average molecular weight is 301 g/mol. The minimum Gasteiger partial charge on any atom is -0.462 e. The second-order valence-electron chi connectivity index (χ2n) is 4.12. The summed E-state index contributed by atoms with van der Waals surface area (Å²) >= 11 is 0. The second-order valence-corrected chi connectivity index (χ2v) is 5.95. The summed E-state index contributed by atoms with van der Waals surface area (Å²) in [7, 11) is -3.20. The number of nitrogen functional groups attached to an aromatic ring is 1. The van der Waals surface area contributed by atoms with Crippen molar-refractivity contribution in [3.8, 4) is 0 Å². The lowest BCUT2D eigenvalue weighted by Gasteiger charge is -2.10. The maximum atomic E-state index is 11.7. The largest absolute Gasteiger partial charge is 0.462 e. The van der Waals surface area contributed by atoms with E-state index >= 15 is 0 Å². The zero-order chi connectivity index (χ0) is 15.2. The quantitative estimate of drug-likeness (QED) is 0.382. The van der Waals surface area contributed by atoms with Gasteiger partial charge in [-0.25, -0.2) is 17.9 Å². The number of hydrogen-bond acceptors (Lipinski definition) is 6. The number of sulfonamides is 1. The first kappa shape index (κ1) is 16.3. The highest BCUT2D eigenvalue weighted by Gasteiger charge is 2.11. The molecule has 0 spiro atoms. The summed E-state index contributed by atoms with van der Waals surface area (Å²) in [5, 5.41) is 2.99. The standard InChI is InChI=1S/C12H19N3O4S/c1-3-19-12(16)10-8-9(4-5-11(10)13)14-6-7-15-20(2,17)18/h4-5,8,14-15H,3,6-7,13H2,1-2H3. The van der Waals surface area contributed by atoms with E-state index in [1.54, 1.807) is 25.1 Å². The number of ether oxygens (including phenoxy) is 1. The van der Waals surface area contributed by atoms with Crippen LogP contribution in [-0.4, -0.2) is 40.3 Å². The third-order valence-corrected chi connectivity index (χ3v) is 3.10. The molecule has 0 atom stereocenters. The number of carbonyl (C=O) groups is 1. The number of rotatable bonds is 7. The van der Waals surface area contributed by atoms with Gasteiger partial charge in [-0.15, -0.1) is 0 Å². The van der Waals surface area contributed by atoms with Crippen LogP contribution in [0.5, 0.6) is 0 Å². The van der Waals surface area contributed by atoms with Crippen LogP contribution in [0.15, 0.2) is 18.2 Å². The molecular weight excluding hydrogens is 282 g/mol. The van der Waals surface area contributed by atoms with Gasteiger partial charge >= 0.3 is 5.97 Å². The molecule has 8 heteroatoms. The van der Waals surface area contributed by atoms with Crippen LogP contribution in [0.4, 0.5) is 11.4 Å². The van der Waals surface area contributed by atoms with E-state index in [1.807, 2.05) is 0 Å². The molecule has 0 saturated carbocycles. The van der Waals surface area contributed by atoms with Gasteiger partial charge in [-0.2, -0.15) is 0 Å². The molecule has 20 heavy (non-hydrogen) atoms. The van der Waals surface area contributed by atoms with Gasteiger partial charge in [0, 0.05) is 24.5 Å². The molecule has 0 heterocycles. The molecule has 1 aromatic rings. The molecule has 1 aromatic carbocycles. The molecule has 0 fully saturated rings. The lowest BCUT2D eigenvalue weighted by molar-refractivity contribution is 0.0527. The third-order valence-electron chi connectivity index (χ3n) is 2.37. The Bertz CT molecular complexity index is 572. The molecule has 0 aliphatic carbocycles. The minimum atomic E-state index is -3.20. The summed E-state index contributed by atoms with van der Waals surface area (Å²) < 4.78 is 29.0. The summed E-state index contributed by atoms with van der Waals surface area (Å²) in [5.41, 5.74) is 7.00. The van der Waals surface area contributed by atoms with E-state index in [9.17, 15) is 13.2 Å².